The van der Waals surface area contributed by atoms with E-state index in [1.807, 2.05) is 0 Å². The lowest BCUT2D eigenvalue weighted by atomic mass is 9.99. The molecule has 0 aliphatic rings. The van der Waals surface area contributed by atoms with E-state index in [2.05, 4.69) is 48.5 Å². The monoisotopic (exact) mass is 1510 g/mol. The molecule has 17 nitrogen and oxygen atoms in total. The van der Waals surface area contributed by atoms with Crippen molar-refractivity contribution in [3.05, 3.63) is 0 Å². The summed E-state index contributed by atoms with van der Waals surface area (Å²) < 4.78 is 68.8. The summed E-state index contributed by atoms with van der Waals surface area (Å²) in [5.41, 5.74) is 0. The lowest BCUT2D eigenvalue weighted by Gasteiger charge is -2.21. The molecule has 0 fully saturated rings. The molecule has 0 aliphatic carbocycles. The van der Waals surface area contributed by atoms with Gasteiger partial charge < -0.3 is 33.8 Å². The standard InChI is InChI=1S/C84H164O17P2/c1-8-10-11-12-13-14-37-44-51-58-65-81(86)94-71-79(100-84(89)68-61-54-47-40-33-27-20-18-23-29-35-42-49-56-63-76(5)6)73-98-102(90,91)96-69-78(85)70-97-103(92,93)99-74-80(101-83(88)67-60-53-46-39-32-26-17-15-16-22-28-34-41-48-55-62-75(3)4)72-95-82(87)66-59-52-45-38-31-25-21-19-24-30-36-43-50-57-64-77(7)9-2/h75-80,85H,8-74H2,1-7H3,(H,90,91)(H,92,93)/t77?,78-,79+,80+/m0/s1. The van der Waals surface area contributed by atoms with E-state index >= 15 is 0 Å². The Balaban J connectivity index is 5.24. The molecule has 0 aromatic carbocycles. The molecule has 3 unspecified atom stereocenters. The zero-order valence-corrected chi connectivity index (χ0v) is 69.6. The second-order valence-corrected chi connectivity index (χ2v) is 34.3. The molecule has 612 valence electrons. The molecule has 0 radical (unpaired) electrons. The van der Waals surface area contributed by atoms with Gasteiger partial charge >= 0.3 is 39.5 Å². The molecule has 0 spiro atoms. The highest BCUT2D eigenvalue weighted by Gasteiger charge is 2.30. The lowest BCUT2D eigenvalue weighted by Crippen LogP contribution is -2.30. The van der Waals surface area contributed by atoms with E-state index in [0.717, 1.165) is 108 Å². The number of carbonyl (C=O) groups excluding carboxylic acids is 4. The predicted octanol–water partition coefficient (Wildman–Crippen LogP) is 25.3. The summed E-state index contributed by atoms with van der Waals surface area (Å²) in [5.74, 6) is 0.342. The first-order chi connectivity index (χ1) is 49.8. The highest BCUT2D eigenvalue weighted by Crippen LogP contribution is 2.45. The van der Waals surface area contributed by atoms with Crippen molar-refractivity contribution in [2.24, 2.45) is 17.8 Å². The number of hydrogen-bond donors (Lipinski definition) is 3. The Kier molecular flexibility index (Phi) is 72.8. The number of aliphatic hydroxyl groups excluding tert-OH is 1. The van der Waals surface area contributed by atoms with Crippen LogP contribution in [0.4, 0.5) is 0 Å². The molecule has 0 saturated heterocycles. The number of aliphatic hydroxyl groups is 1. The van der Waals surface area contributed by atoms with E-state index in [9.17, 15) is 43.2 Å². The number of rotatable bonds is 82. The third-order valence-corrected chi connectivity index (χ3v) is 21.9. The molecule has 0 aliphatic heterocycles. The van der Waals surface area contributed by atoms with Gasteiger partial charge in [-0.3, -0.25) is 37.3 Å². The average Bonchev–Trinajstić information content (AvgIpc) is 0.919. The SMILES string of the molecule is CCCCCCCCCCCCC(=O)OC[C@H](COP(=O)(O)OC[C@H](O)COP(=O)(O)OC[C@@H](COC(=O)CCCCCCCCCCCCCCCCC(C)CC)OC(=O)CCCCCCCCCCCCCCCCCC(C)C)OC(=O)CCCCCCCCCCCCCCCCC(C)C. The van der Waals surface area contributed by atoms with Crippen molar-refractivity contribution in [3.8, 4) is 0 Å². The van der Waals surface area contributed by atoms with Crippen molar-refractivity contribution in [1.82, 2.24) is 0 Å². The van der Waals surface area contributed by atoms with Gasteiger partial charge in [0.05, 0.1) is 26.4 Å². The molecule has 0 rings (SSSR count). The highest BCUT2D eigenvalue weighted by molar-refractivity contribution is 7.47. The first kappa shape index (κ1) is 101. The third kappa shape index (κ3) is 76.6. The van der Waals surface area contributed by atoms with Crippen LogP contribution >= 0.6 is 15.6 Å². The van der Waals surface area contributed by atoms with Crippen LogP contribution in [0, 0.1) is 17.8 Å². The maximum absolute atomic E-state index is 13.1. The van der Waals surface area contributed by atoms with Crippen LogP contribution in [-0.2, 0) is 65.4 Å². The zero-order chi connectivity index (χ0) is 75.8. The van der Waals surface area contributed by atoms with Crippen LogP contribution in [0.5, 0.6) is 0 Å². The fourth-order valence-electron chi connectivity index (χ4n) is 13.0. The van der Waals surface area contributed by atoms with Crippen molar-refractivity contribution in [2.75, 3.05) is 39.6 Å². The molecule has 0 saturated carbocycles. The van der Waals surface area contributed by atoms with E-state index in [-0.39, 0.29) is 25.7 Å². The van der Waals surface area contributed by atoms with Gasteiger partial charge in [-0.15, -0.1) is 0 Å². The molecule has 19 heteroatoms. The lowest BCUT2D eigenvalue weighted by molar-refractivity contribution is -0.161. The van der Waals surface area contributed by atoms with Crippen molar-refractivity contribution in [1.29, 1.82) is 0 Å². The fraction of sp³-hybridized carbons (Fsp3) is 0.952. The first-order valence-electron chi connectivity index (χ1n) is 43.4. The number of phosphoric ester groups is 2. The summed E-state index contributed by atoms with van der Waals surface area (Å²) in [6.45, 7) is 12.1. The third-order valence-electron chi connectivity index (χ3n) is 20.0. The van der Waals surface area contributed by atoms with E-state index in [0.29, 0.717) is 25.7 Å². The van der Waals surface area contributed by atoms with E-state index < -0.39 is 97.5 Å². The van der Waals surface area contributed by atoms with E-state index in [4.69, 9.17) is 37.0 Å². The fourth-order valence-corrected chi connectivity index (χ4v) is 14.6. The summed E-state index contributed by atoms with van der Waals surface area (Å²) in [7, 11) is -9.92. The summed E-state index contributed by atoms with van der Waals surface area (Å²) in [5, 5.41) is 10.7. The molecule has 0 aromatic heterocycles. The van der Waals surface area contributed by atoms with Gasteiger partial charge in [-0.25, -0.2) is 9.13 Å². The van der Waals surface area contributed by atoms with Crippen molar-refractivity contribution < 1.29 is 80.2 Å². The molecule has 0 aromatic rings. The van der Waals surface area contributed by atoms with Crippen molar-refractivity contribution >= 4 is 39.5 Å². The minimum Gasteiger partial charge on any atom is -0.462 e. The Morgan fingerprint density at radius 3 is 0.738 bits per heavy atom. The average molecular weight is 1510 g/mol. The van der Waals surface area contributed by atoms with Crippen molar-refractivity contribution in [3.63, 3.8) is 0 Å². The Morgan fingerprint density at radius 2 is 0.495 bits per heavy atom. The molecular weight excluding hydrogens is 1340 g/mol. The van der Waals surface area contributed by atoms with E-state index in [1.54, 1.807) is 0 Å². The Bertz CT molecular complexity index is 1990. The second-order valence-electron chi connectivity index (χ2n) is 31.4. The minimum atomic E-state index is -4.96. The molecule has 3 N–H and O–H groups in total. The molecule has 0 bridgehead atoms. The van der Waals surface area contributed by atoms with E-state index in [1.165, 1.54) is 250 Å². The molecular formula is C84H164O17P2. The van der Waals surface area contributed by atoms with Crippen LogP contribution in [0.2, 0.25) is 0 Å². The van der Waals surface area contributed by atoms with Gasteiger partial charge in [0.1, 0.15) is 19.3 Å². The van der Waals surface area contributed by atoms with Gasteiger partial charge in [-0.2, -0.15) is 0 Å². The largest absolute Gasteiger partial charge is 0.472 e. The Hall–Kier alpha value is -1.94. The summed E-state index contributed by atoms with van der Waals surface area (Å²) in [4.78, 5) is 73.1. The summed E-state index contributed by atoms with van der Waals surface area (Å²) >= 11 is 0. The Labute approximate surface area is 632 Å². The number of phosphoric acid groups is 2. The highest BCUT2D eigenvalue weighted by atomic mass is 31.2. The van der Waals surface area contributed by atoms with Gasteiger partial charge in [0.25, 0.3) is 0 Å². The summed E-state index contributed by atoms with van der Waals surface area (Å²) in [6.07, 6.45) is 63.7. The number of carbonyl (C=O) groups is 4. The maximum atomic E-state index is 13.1. The van der Waals surface area contributed by atoms with Gasteiger partial charge in [-0.1, -0.05) is 389 Å². The van der Waals surface area contributed by atoms with Gasteiger partial charge in [0.2, 0.25) is 0 Å². The molecule has 0 heterocycles. The van der Waals surface area contributed by atoms with Crippen molar-refractivity contribution in [2.45, 2.75) is 458 Å². The first-order valence-corrected chi connectivity index (χ1v) is 46.4. The second kappa shape index (κ2) is 74.2. The topological polar surface area (TPSA) is 237 Å². The van der Waals surface area contributed by atoms with Crippen LogP contribution in [-0.4, -0.2) is 96.7 Å². The molecule has 0 amide bonds. The predicted molar refractivity (Wildman–Crippen MR) is 423 cm³/mol. The smallest absolute Gasteiger partial charge is 0.462 e. The number of unbranched alkanes of at least 4 members (excludes halogenated alkanes) is 49. The van der Waals surface area contributed by atoms with Crippen LogP contribution in [0.3, 0.4) is 0 Å². The van der Waals surface area contributed by atoms with Crippen LogP contribution < -0.4 is 0 Å². The van der Waals surface area contributed by atoms with Gasteiger partial charge in [0.15, 0.2) is 12.2 Å². The number of hydrogen-bond acceptors (Lipinski definition) is 15. The zero-order valence-electron chi connectivity index (χ0n) is 67.8. The maximum Gasteiger partial charge on any atom is 0.472 e. The number of esters is 4. The molecule has 6 atom stereocenters. The summed E-state index contributed by atoms with van der Waals surface area (Å²) in [6, 6.07) is 0. The van der Waals surface area contributed by atoms with Crippen LogP contribution in [0.1, 0.15) is 440 Å². The van der Waals surface area contributed by atoms with Crippen LogP contribution in [0.25, 0.3) is 0 Å². The van der Waals surface area contributed by atoms with Gasteiger partial charge in [0, 0.05) is 25.7 Å². The minimum absolute atomic E-state index is 0.108. The normalized spacial score (nSPS) is 14.2. The Morgan fingerprint density at radius 1 is 0.282 bits per heavy atom. The van der Waals surface area contributed by atoms with Crippen LogP contribution in [0.15, 0.2) is 0 Å². The molecule has 103 heavy (non-hydrogen) atoms. The number of ether oxygens (including phenoxy) is 4. The quantitative estimate of drug-likeness (QED) is 0.0222. The van der Waals surface area contributed by atoms with Gasteiger partial charge in [-0.05, 0) is 43.4 Å².